The van der Waals surface area contributed by atoms with Gasteiger partial charge in [-0.2, -0.15) is 0 Å². The summed E-state index contributed by atoms with van der Waals surface area (Å²) in [6.45, 7) is 2.46. The van der Waals surface area contributed by atoms with E-state index in [9.17, 15) is 34.6 Å². The first-order valence-electron chi connectivity index (χ1n) is 15.4. The minimum absolute atomic E-state index is 0.0377. The number of benzene rings is 2. The van der Waals surface area contributed by atoms with Gasteiger partial charge in [-0.05, 0) is 81.1 Å². The van der Waals surface area contributed by atoms with Gasteiger partial charge in [-0.1, -0.05) is 38.3 Å². The summed E-state index contributed by atoms with van der Waals surface area (Å²) >= 11 is 0. The van der Waals surface area contributed by atoms with Crippen LogP contribution in [-0.2, 0) is 19.1 Å². The highest BCUT2D eigenvalue weighted by Crippen LogP contribution is 2.33. The van der Waals surface area contributed by atoms with Crippen LogP contribution in [0.1, 0.15) is 93.5 Å². The summed E-state index contributed by atoms with van der Waals surface area (Å²) in [5.41, 5.74) is -0.638. The van der Waals surface area contributed by atoms with E-state index in [1.54, 1.807) is 30.3 Å². The predicted molar refractivity (Wildman–Crippen MR) is 166 cm³/mol. The van der Waals surface area contributed by atoms with Gasteiger partial charge in [-0.15, -0.1) is 0 Å². The molecule has 0 heterocycles. The van der Waals surface area contributed by atoms with Crippen LogP contribution < -0.4 is 4.74 Å². The van der Waals surface area contributed by atoms with Crippen molar-refractivity contribution in [3.63, 3.8) is 0 Å². The van der Waals surface area contributed by atoms with Gasteiger partial charge in [0.1, 0.15) is 5.75 Å². The van der Waals surface area contributed by atoms with E-state index in [2.05, 4.69) is 6.92 Å². The number of non-ortho nitro benzene ring substituents is 2. The topological polar surface area (TPSA) is 165 Å². The van der Waals surface area contributed by atoms with Crippen molar-refractivity contribution in [2.45, 2.75) is 77.6 Å². The SMILES string of the molecule is CCCCC1CCC(C(=O)Oc2ccc(/C=C/C(=O)OCCCCCCOC(=O)c3cc([N+](=O)[O-])cc([N+](=O)[O-])c3)cc2)CC1. The highest BCUT2D eigenvalue weighted by atomic mass is 16.6. The Balaban J connectivity index is 1.27. The van der Waals surface area contributed by atoms with Crippen LogP contribution in [0.4, 0.5) is 11.4 Å². The maximum atomic E-state index is 12.6. The van der Waals surface area contributed by atoms with E-state index in [0.29, 0.717) is 31.4 Å². The Morgan fingerprint density at radius 1 is 0.822 bits per heavy atom. The van der Waals surface area contributed by atoms with Gasteiger partial charge in [0.05, 0.1) is 40.6 Å². The summed E-state index contributed by atoms with van der Waals surface area (Å²) in [6, 6.07) is 9.59. The van der Waals surface area contributed by atoms with Crippen LogP contribution in [0.3, 0.4) is 0 Å². The van der Waals surface area contributed by atoms with Crippen LogP contribution in [0.2, 0.25) is 0 Å². The molecule has 0 atom stereocenters. The Morgan fingerprint density at radius 2 is 1.42 bits per heavy atom. The van der Waals surface area contributed by atoms with Crippen LogP contribution in [0.25, 0.3) is 6.08 Å². The van der Waals surface area contributed by atoms with E-state index in [0.717, 1.165) is 55.4 Å². The van der Waals surface area contributed by atoms with Gasteiger partial charge in [-0.25, -0.2) is 9.59 Å². The van der Waals surface area contributed by atoms with E-state index >= 15 is 0 Å². The molecule has 0 N–H and O–H groups in total. The Bertz CT molecular complexity index is 1320. The lowest BCUT2D eigenvalue weighted by molar-refractivity contribution is -0.394. The third kappa shape index (κ3) is 12.1. The zero-order chi connectivity index (χ0) is 32.6. The minimum atomic E-state index is -0.881. The molecule has 0 spiro atoms. The number of hydrogen-bond acceptors (Lipinski definition) is 10. The van der Waals surface area contributed by atoms with E-state index < -0.39 is 33.2 Å². The summed E-state index contributed by atoms with van der Waals surface area (Å²) in [5.74, 6) is -0.379. The zero-order valence-corrected chi connectivity index (χ0v) is 25.5. The average Bonchev–Trinajstić information content (AvgIpc) is 3.04. The van der Waals surface area contributed by atoms with E-state index in [1.165, 1.54) is 25.3 Å². The van der Waals surface area contributed by atoms with Gasteiger partial charge in [-0.3, -0.25) is 25.0 Å². The molecule has 1 aliphatic rings. The van der Waals surface area contributed by atoms with Crippen molar-refractivity contribution in [2.24, 2.45) is 11.8 Å². The maximum absolute atomic E-state index is 12.6. The molecule has 1 saturated carbocycles. The first-order chi connectivity index (χ1) is 21.7. The summed E-state index contributed by atoms with van der Waals surface area (Å²) in [7, 11) is 0. The fourth-order valence-corrected chi connectivity index (χ4v) is 5.14. The summed E-state index contributed by atoms with van der Waals surface area (Å²) < 4.78 is 15.9. The molecule has 0 radical (unpaired) electrons. The standard InChI is InChI=1S/C33H40N2O10/c1-2-3-8-24-9-14-26(15-10-24)33(38)45-30-16-11-25(12-17-30)13-18-31(36)43-19-6-4-5-7-20-44-32(37)27-21-28(34(39)40)23-29(22-27)35(41)42/h11-13,16-18,21-24,26H,2-10,14-15,19-20H2,1H3/b18-13+. The van der Waals surface area contributed by atoms with Crippen LogP contribution in [0.15, 0.2) is 48.5 Å². The number of ether oxygens (including phenoxy) is 3. The maximum Gasteiger partial charge on any atom is 0.338 e. The van der Waals surface area contributed by atoms with Gasteiger partial charge in [0.2, 0.25) is 0 Å². The lowest BCUT2D eigenvalue weighted by Crippen LogP contribution is -2.25. The van der Waals surface area contributed by atoms with E-state index in [-0.39, 0.29) is 30.7 Å². The molecule has 0 saturated heterocycles. The fraction of sp³-hybridized carbons (Fsp3) is 0.485. The van der Waals surface area contributed by atoms with E-state index in [1.807, 2.05) is 0 Å². The van der Waals surface area contributed by atoms with Crippen LogP contribution in [0.5, 0.6) is 5.75 Å². The first-order valence-corrected chi connectivity index (χ1v) is 15.4. The molecule has 1 aliphatic carbocycles. The molecule has 242 valence electrons. The van der Waals surface area contributed by atoms with Crippen molar-refractivity contribution >= 4 is 35.4 Å². The molecule has 0 bridgehead atoms. The summed E-state index contributed by atoms with van der Waals surface area (Å²) in [6.07, 6.45) is 13.1. The normalized spacial score (nSPS) is 16.2. The van der Waals surface area contributed by atoms with Gasteiger partial charge in [0, 0.05) is 18.2 Å². The molecule has 12 heteroatoms. The molecule has 0 aromatic heterocycles. The van der Waals surface area contributed by atoms with E-state index in [4.69, 9.17) is 14.2 Å². The number of hydrogen-bond donors (Lipinski definition) is 0. The largest absolute Gasteiger partial charge is 0.463 e. The molecule has 0 amide bonds. The number of rotatable bonds is 17. The van der Waals surface area contributed by atoms with Crippen LogP contribution in [-0.4, -0.2) is 41.0 Å². The Labute approximate surface area is 262 Å². The highest BCUT2D eigenvalue weighted by molar-refractivity contribution is 5.91. The smallest absolute Gasteiger partial charge is 0.338 e. The van der Waals surface area contributed by atoms with Crippen LogP contribution >= 0.6 is 0 Å². The molecular formula is C33H40N2O10. The number of nitro groups is 2. The molecule has 2 aromatic rings. The fourth-order valence-electron chi connectivity index (χ4n) is 5.14. The van der Waals surface area contributed by atoms with Crippen molar-refractivity contribution in [3.05, 3.63) is 79.9 Å². The molecular weight excluding hydrogens is 584 g/mol. The number of carbonyl (C=O) groups is 3. The third-order valence-corrected chi connectivity index (χ3v) is 7.73. The lowest BCUT2D eigenvalue weighted by atomic mass is 9.80. The van der Waals surface area contributed by atoms with Crippen molar-refractivity contribution in [1.82, 2.24) is 0 Å². The Kier molecular flexibility index (Phi) is 14.1. The summed E-state index contributed by atoms with van der Waals surface area (Å²) in [4.78, 5) is 57.1. The molecule has 3 rings (SSSR count). The monoisotopic (exact) mass is 624 g/mol. The van der Waals surface area contributed by atoms with Crippen LogP contribution in [0, 0.1) is 32.1 Å². The van der Waals surface area contributed by atoms with Gasteiger partial charge < -0.3 is 14.2 Å². The second kappa shape index (κ2) is 18.3. The number of esters is 3. The molecule has 45 heavy (non-hydrogen) atoms. The summed E-state index contributed by atoms with van der Waals surface area (Å²) in [5, 5.41) is 21.9. The second-order valence-electron chi connectivity index (χ2n) is 11.2. The number of unbranched alkanes of at least 4 members (excludes halogenated alkanes) is 4. The Hall–Kier alpha value is -4.61. The van der Waals surface area contributed by atoms with Gasteiger partial charge in [0.15, 0.2) is 0 Å². The molecule has 0 aliphatic heterocycles. The predicted octanol–water partition coefficient (Wildman–Crippen LogP) is 7.38. The quantitative estimate of drug-likeness (QED) is 0.0433. The molecule has 2 aromatic carbocycles. The zero-order valence-electron chi connectivity index (χ0n) is 25.5. The number of nitro benzene ring substituents is 2. The highest BCUT2D eigenvalue weighted by Gasteiger charge is 2.27. The molecule has 1 fully saturated rings. The number of carbonyl (C=O) groups excluding carboxylic acids is 3. The minimum Gasteiger partial charge on any atom is -0.463 e. The average molecular weight is 625 g/mol. The Morgan fingerprint density at radius 3 is 2.00 bits per heavy atom. The number of nitrogens with zero attached hydrogens (tertiary/aromatic N) is 2. The van der Waals surface area contributed by atoms with Crippen molar-refractivity contribution in [1.29, 1.82) is 0 Å². The van der Waals surface area contributed by atoms with Crippen molar-refractivity contribution < 1.29 is 38.4 Å². The van der Waals surface area contributed by atoms with Crippen molar-refractivity contribution in [2.75, 3.05) is 13.2 Å². The van der Waals surface area contributed by atoms with Gasteiger partial charge >= 0.3 is 17.9 Å². The van der Waals surface area contributed by atoms with Crippen molar-refractivity contribution in [3.8, 4) is 5.75 Å². The first kappa shape index (κ1) is 34.9. The van der Waals surface area contributed by atoms with Gasteiger partial charge in [0.25, 0.3) is 11.4 Å². The third-order valence-electron chi connectivity index (χ3n) is 7.73. The lowest BCUT2D eigenvalue weighted by Gasteiger charge is -2.27. The molecule has 12 nitrogen and oxygen atoms in total. The second-order valence-corrected chi connectivity index (χ2v) is 11.2. The molecule has 0 unspecified atom stereocenters.